The minimum atomic E-state index is -0.856. The zero-order valence-corrected chi connectivity index (χ0v) is 17.3. The number of aryl methyl sites for hydroxylation is 1. The van der Waals surface area contributed by atoms with Crippen LogP contribution < -0.4 is 11.2 Å². The third-order valence-electron chi connectivity index (χ3n) is 4.39. The largest absolute Gasteiger partial charge is 0.468 e. The maximum atomic E-state index is 12.4. The number of hydrogen-bond acceptors (Lipinski definition) is 9. The first-order valence-corrected chi connectivity index (χ1v) is 10.1. The Morgan fingerprint density at radius 3 is 3.00 bits per heavy atom. The first-order valence-electron chi connectivity index (χ1n) is 8.71. The first-order chi connectivity index (χ1) is 13.2. The highest BCUT2D eigenvalue weighted by molar-refractivity contribution is 8.22. The van der Waals surface area contributed by atoms with Crippen LogP contribution in [0, 0.1) is 18.3 Å². The predicted molar refractivity (Wildman–Crippen MR) is 105 cm³/mol. The van der Waals surface area contributed by atoms with Gasteiger partial charge in [0.15, 0.2) is 18.1 Å². The van der Waals surface area contributed by atoms with Gasteiger partial charge in [-0.05, 0) is 33.0 Å². The zero-order chi connectivity index (χ0) is 20.5. The van der Waals surface area contributed by atoms with E-state index < -0.39 is 41.6 Å². The molecule has 0 spiro atoms. The quantitative estimate of drug-likeness (QED) is 0.559. The monoisotopic (exact) mass is 427 g/mol. The molecule has 1 aromatic rings. The van der Waals surface area contributed by atoms with Gasteiger partial charge in [0.1, 0.15) is 12.2 Å². The van der Waals surface area contributed by atoms with E-state index in [1.165, 1.54) is 22.5 Å². The summed E-state index contributed by atoms with van der Waals surface area (Å²) in [6, 6.07) is 2.05. The fourth-order valence-electron chi connectivity index (χ4n) is 3.08. The number of nitrogens with zero attached hydrogens (tertiary/aromatic N) is 2. The molecule has 0 bridgehead atoms. The summed E-state index contributed by atoms with van der Waals surface area (Å²) < 4.78 is 25.1. The maximum Gasteiger partial charge on any atom is 0.330 e. The molecule has 3 heterocycles. The zero-order valence-electron chi connectivity index (χ0n) is 15.7. The summed E-state index contributed by atoms with van der Waals surface area (Å²) >= 11 is 6.51. The number of nitriles is 1. The molecule has 0 unspecified atom stereocenters. The topological polar surface area (TPSA) is 116 Å². The molecule has 0 amide bonds. The van der Waals surface area contributed by atoms with Crippen molar-refractivity contribution in [2.45, 2.75) is 57.5 Å². The van der Waals surface area contributed by atoms with Crippen molar-refractivity contribution in [1.82, 2.24) is 9.55 Å². The van der Waals surface area contributed by atoms with Crippen molar-refractivity contribution < 1.29 is 18.9 Å². The lowest BCUT2D eigenvalue weighted by Crippen LogP contribution is -2.51. The van der Waals surface area contributed by atoms with E-state index in [1.54, 1.807) is 20.8 Å². The van der Waals surface area contributed by atoms with Gasteiger partial charge in [-0.25, -0.2) is 4.79 Å². The Morgan fingerprint density at radius 1 is 1.54 bits per heavy atom. The molecule has 1 N–H and O–H groups in total. The highest BCUT2D eigenvalue weighted by atomic mass is 32.2. The van der Waals surface area contributed by atoms with Crippen molar-refractivity contribution in [2.75, 3.05) is 12.4 Å². The van der Waals surface area contributed by atoms with E-state index in [-0.39, 0.29) is 11.0 Å². The minimum Gasteiger partial charge on any atom is -0.468 e. The number of rotatable bonds is 4. The van der Waals surface area contributed by atoms with Crippen LogP contribution in [0.3, 0.4) is 0 Å². The Labute approximate surface area is 170 Å². The van der Waals surface area contributed by atoms with Crippen molar-refractivity contribution in [3.05, 3.63) is 32.6 Å². The molecule has 2 aliphatic rings. The molecule has 2 aliphatic heterocycles. The van der Waals surface area contributed by atoms with Crippen LogP contribution in [0.5, 0.6) is 0 Å². The van der Waals surface area contributed by atoms with Gasteiger partial charge in [0, 0.05) is 23.9 Å². The van der Waals surface area contributed by atoms with E-state index >= 15 is 0 Å². The van der Waals surface area contributed by atoms with Crippen LogP contribution in [0.15, 0.2) is 15.8 Å². The third kappa shape index (κ3) is 4.47. The molecule has 0 radical (unpaired) electrons. The lowest BCUT2D eigenvalue weighted by molar-refractivity contribution is -0.299. The van der Waals surface area contributed by atoms with E-state index in [9.17, 15) is 9.59 Å². The smallest absolute Gasteiger partial charge is 0.330 e. The van der Waals surface area contributed by atoms with Gasteiger partial charge in [-0.15, -0.1) is 0 Å². The van der Waals surface area contributed by atoms with E-state index in [0.29, 0.717) is 17.7 Å². The molecule has 0 aromatic carbocycles. The maximum absolute atomic E-state index is 12.4. The van der Waals surface area contributed by atoms with Gasteiger partial charge in [0.05, 0.1) is 12.7 Å². The lowest BCUT2D eigenvalue weighted by atomic mass is 10.1. The number of aromatic nitrogens is 2. The second-order valence-corrected chi connectivity index (χ2v) is 8.62. The van der Waals surface area contributed by atoms with Crippen LogP contribution in [0.25, 0.3) is 0 Å². The molecule has 11 heteroatoms. The summed E-state index contributed by atoms with van der Waals surface area (Å²) in [4.78, 5) is 26.4. The number of ether oxygens (including phenoxy) is 4. The van der Waals surface area contributed by atoms with Crippen molar-refractivity contribution >= 4 is 28.4 Å². The Hall–Kier alpha value is -1.71. The number of thioether (sulfide) groups is 1. The normalized spacial score (nSPS) is 28.4. The summed E-state index contributed by atoms with van der Waals surface area (Å²) in [6.45, 7) is 5.42. The summed E-state index contributed by atoms with van der Waals surface area (Å²) in [5, 5.41) is 8.68. The van der Waals surface area contributed by atoms with E-state index in [2.05, 4.69) is 4.98 Å². The van der Waals surface area contributed by atoms with Crippen molar-refractivity contribution in [3.63, 3.8) is 0 Å². The van der Waals surface area contributed by atoms with Crippen LogP contribution in [0.2, 0.25) is 0 Å². The van der Waals surface area contributed by atoms with Crippen LogP contribution in [0.4, 0.5) is 0 Å². The molecule has 9 nitrogen and oxygen atoms in total. The third-order valence-corrected chi connectivity index (χ3v) is 5.58. The molecule has 28 heavy (non-hydrogen) atoms. The summed E-state index contributed by atoms with van der Waals surface area (Å²) in [6.07, 6.45) is -0.808. The van der Waals surface area contributed by atoms with Crippen LogP contribution >= 0.6 is 24.0 Å². The minimum absolute atomic E-state index is 0.233. The van der Waals surface area contributed by atoms with Crippen molar-refractivity contribution in [1.29, 1.82) is 5.26 Å². The van der Waals surface area contributed by atoms with Gasteiger partial charge in [-0.3, -0.25) is 14.3 Å². The second kappa shape index (κ2) is 8.34. The number of aromatic amines is 1. The highest BCUT2D eigenvalue weighted by Gasteiger charge is 2.53. The van der Waals surface area contributed by atoms with Crippen LogP contribution in [-0.2, 0) is 18.9 Å². The van der Waals surface area contributed by atoms with Gasteiger partial charge in [-0.2, -0.15) is 5.26 Å². The SMILES string of the molecule is Cc1cn([C@@H]2O[C@@H]3COC(C)(C)O[C@@H]3[C@H]2OC(=S)SCCC#N)c(=O)[nH]c1=O. The molecule has 152 valence electrons. The molecule has 3 rings (SSSR count). The van der Waals surface area contributed by atoms with Crippen LogP contribution in [-0.4, -0.2) is 50.4 Å². The summed E-state index contributed by atoms with van der Waals surface area (Å²) in [7, 11) is 0. The van der Waals surface area contributed by atoms with Gasteiger partial charge < -0.3 is 18.9 Å². The summed E-state index contributed by atoms with van der Waals surface area (Å²) in [5.41, 5.74) is -0.714. The number of H-pyrrole nitrogens is 1. The Balaban J connectivity index is 1.90. The van der Waals surface area contributed by atoms with Crippen molar-refractivity contribution in [2.24, 2.45) is 0 Å². The first kappa shape index (κ1) is 21.0. The molecule has 1 aromatic heterocycles. The van der Waals surface area contributed by atoms with E-state index in [1.807, 2.05) is 6.07 Å². The average Bonchev–Trinajstić information content (AvgIpc) is 2.95. The number of fused-ring (bicyclic) bond motifs is 1. The fraction of sp³-hybridized carbons (Fsp3) is 0.647. The number of nitrogens with one attached hydrogen (secondary N) is 1. The standard InChI is InChI=1S/C17H21N3O6S2/c1-9-7-20(15(22)19-13(9)21)14-12(25-16(27)28-6-4-5-18)11-10(24-14)8-23-17(2,3)26-11/h7,10-12,14H,4,6,8H2,1-3H3,(H,19,21,22)/t10-,11+,12-,14-/m1/s1. The second-order valence-electron chi connectivity index (χ2n) is 6.93. The molecular weight excluding hydrogens is 406 g/mol. The molecule has 2 saturated heterocycles. The van der Waals surface area contributed by atoms with Gasteiger partial charge >= 0.3 is 5.69 Å². The highest BCUT2D eigenvalue weighted by Crippen LogP contribution is 2.39. The Bertz CT molecular complexity index is 905. The predicted octanol–water partition coefficient (Wildman–Crippen LogP) is 1.21. The number of thiocarbonyl (C=S) groups is 1. The fourth-order valence-corrected chi connectivity index (χ4v) is 3.98. The average molecular weight is 428 g/mol. The van der Waals surface area contributed by atoms with Gasteiger partial charge in [0.25, 0.3) is 5.56 Å². The molecule has 2 fully saturated rings. The number of hydrogen-bond donors (Lipinski definition) is 1. The van der Waals surface area contributed by atoms with Gasteiger partial charge in [-0.1, -0.05) is 11.8 Å². The molecule has 0 aliphatic carbocycles. The Kier molecular flexibility index (Phi) is 6.26. The van der Waals surface area contributed by atoms with E-state index in [0.717, 1.165) is 0 Å². The molecular formula is C17H21N3O6S2. The van der Waals surface area contributed by atoms with Crippen molar-refractivity contribution in [3.8, 4) is 6.07 Å². The molecule has 0 saturated carbocycles. The van der Waals surface area contributed by atoms with Crippen LogP contribution in [0.1, 0.15) is 32.1 Å². The van der Waals surface area contributed by atoms with E-state index in [4.69, 9.17) is 36.4 Å². The lowest BCUT2D eigenvalue weighted by Gasteiger charge is -2.38. The Morgan fingerprint density at radius 2 is 2.29 bits per heavy atom. The molecule has 4 atom stereocenters. The van der Waals surface area contributed by atoms with Gasteiger partial charge in [0.2, 0.25) is 4.38 Å². The summed E-state index contributed by atoms with van der Waals surface area (Å²) in [5.74, 6) is -0.350.